The van der Waals surface area contributed by atoms with E-state index in [-0.39, 0.29) is 11.8 Å². The van der Waals surface area contributed by atoms with Crippen LogP contribution in [0.5, 0.6) is 0 Å². The Kier molecular flexibility index (Phi) is 4.84. The highest BCUT2D eigenvalue weighted by Gasteiger charge is 2.13. The Balaban J connectivity index is 1.90. The van der Waals surface area contributed by atoms with Crippen LogP contribution in [0.2, 0.25) is 0 Å². The van der Waals surface area contributed by atoms with E-state index in [1.807, 2.05) is 32.0 Å². The van der Waals surface area contributed by atoms with Gasteiger partial charge in [-0.15, -0.1) is 0 Å². The molecule has 0 fully saturated rings. The minimum Gasteiger partial charge on any atom is -0.466 e. The molecule has 1 N–H and O–H groups in total. The highest BCUT2D eigenvalue weighted by molar-refractivity contribution is 5.76. The van der Waals surface area contributed by atoms with Gasteiger partial charge in [0.1, 0.15) is 11.5 Å². The molecule has 21 heavy (non-hydrogen) atoms. The molecule has 0 aliphatic rings. The molecular formula is C18H23NO2. The van der Waals surface area contributed by atoms with E-state index in [4.69, 9.17) is 4.42 Å². The van der Waals surface area contributed by atoms with Crippen molar-refractivity contribution in [3.05, 3.63) is 58.5 Å². The first-order valence-corrected chi connectivity index (χ1v) is 7.35. The van der Waals surface area contributed by atoms with Gasteiger partial charge in [0.2, 0.25) is 5.91 Å². The lowest BCUT2D eigenvalue weighted by atomic mass is 9.93. The summed E-state index contributed by atoms with van der Waals surface area (Å²) in [5, 5.41) is 2.97. The molecule has 2 rings (SSSR count). The van der Waals surface area contributed by atoms with E-state index in [1.54, 1.807) is 0 Å². The number of furan rings is 1. The van der Waals surface area contributed by atoms with Crippen molar-refractivity contribution in [1.82, 2.24) is 5.32 Å². The van der Waals surface area contributed by atoms with Crippen molar-refractivity contribution >= 4 is 5.91 Å². The van der Waals surface area contributed by atoms with E-state index in [0.29, 0.717) is 13.0 Å². The molecular weight excluding hydrogens is 262 g/mol. The molecule has 0 bridgehead atoms. The van der Waals surface area contributed by atoms with Gasteiger partial charge in [0.05, 0.1) is 0 Å². The average molecular weight is 285 g/mol. The molecule has 2 aromatic rings. The molecule has 112 valence electrons. The van der Waals surface area contributed by atoms with Crippen molar-refractivity contribution in [1.29, 1.82) is 0 Å². The Morgan fingerprint density at radius 3 is 2.57 bits per heavy atom. The van der Waals surface area contributed by atoms with Gasteiger partial charge in [-0.25, -0.2) is 0 Å². The van der Waals surface area contributed by atoms with Crippen LogP contribution >= 0.6 is 0 Å². The first-order valence-electron chi connectivity index (χ1n) is 7.35. The fourth-order valence-corrected chi connectivity index (χ4v) is 2.65. The van der Waals surface area contributed by atoms with Crippen LogP contribution in [0.15, 0.2) is 34.7 Å². The van der Waals surface area contributed by atoms with Crippen LogP contribution in [0.4, 0.5) is 0 Å². The minimum absolute atomic E-state index is 0.0732. The lowest BCUT2D eigenvalue weighted by Gasteiger charge is -2.14. The first kappa shape index (κ1) is 15.4. The van der Waals surface area contributed by atoms with Crippen LogP contribution < -0.4 is 5.32 Å². The lowest BCUT2D eigenvalue weighted by molar-refractivity contribution is -0.121. The number of hydrogen-bond acceptors (Lipinski definition) is 2. The maximum atomic E-state index is 12.1. The maximum Gasteiger partial charge on any atom is 0.220 e. The number of aryl methyl sites for hydroxylation is 3. The van der Waals surface area contributed by atoms with Crippen LogP contribution in [0, 0.1) is 20.8 Å². The third-order valence-corrected chi connectivity index (χ3v) is 3.83. The average Bonchev–Trinajstić information content (AvgIpc) is 2.75. The van der Waals surface area contributed by atoms with Crippen LogP contribution in [-0.4, -0.2) is 5.91 Å². The fourth-order valence-electron chi connectivity index (χ4n) is 2.65. The summed E-state index contributed by atoms with van der Waals surface area (Å²) in [4.78, 5) is 12.1. The third kappa shape index (κ3) is 3.97. The van der Waals surface area contributed by atoms with Crippen LogP contribution in [-0.2, 0) is 11.3 Å². The molecule has 0 radical (unpaired) electrons. The topological polar surface area (TPSA) is 42.2 Å². The maximum absolute atomic E-state index is 12.1. The molecule has 1 amide bonds. The molecule has 1 unspecified atom stereocenters. The molecule has 0 saturated heterocycles. The number of benzene rings is 1. The molecule has 1 aromatic carbocycles. The van der Waals surface area contributed by atoms with E-state index in [2.05, 4.69) is 31.3 Å². The van der Waals surface area contributed by atoms with E-state index < -0.39 is 0 Å². The molecule has 1 atom stereocenters. The molecule has 1 aromatic heterocycles. The van der Waals surface area contributed by atoms with E-state index in [1.165, 1.54) is 11.1 Å². The van der Waals surface area contributed by atoms with Gasteiger partial charge in [-0.1, -0.05) is 31.2 Å². The molecule has 1 heterocycles. The van der Waals surface area contributed by atoms with Crippen LogP contribution in [0.3, 0.4) is 0 Å². The van der Waals surface area contributed by atoms with Gasteiger partial charge in [-0.05, 0) is 43.9 Å². The summed E-state index contributed by atoms with van der Waals surface area (Å²) in [6.45, 7) is 8.54. The SMILES string of the molecule is Cc1cc(CNC(=O)CC(C)c2ccccc2C)c(C)o1. The molecule has 0 aliphatic heterocycles. The number of carbonyl (C=O) groups is 1. The third-order valence-electron chi connectivity index (χ3n) is 3.83. The number of rotatable bonds is 5. The Labute approximate surface area is 126 Å². The lowest BCUT2D eigenvalue weighted by Crippen LogP contribution is -2.24. The standard InChI is InChI=1S/C18H23NO2/c1-12-7-5-6-8-17(12)13(2)9-18(20)19-11-16-10-14(3)21-15(16)4/h5-8,10,13H,9,11H2,1-4H3,(H,19,20). The number of nitrogens with one attached hydrogen (secondary N) is 1. The van der Waals surface area contributed by atoms with Crippen molar-refractivity contribution in [3.8, 4) is 0 Å². The summed E-state index contributed by atoms with van der Waals surface area (Å²) in [7, 11) is 0. The second kappa shape index (κ2) is 6.61. The number of carbonyl (C=O) groups excluding carboxylic acids is 1. The summed E-state index contributed by atoms with van der Waals surface area (Å²) in [5.41, 5.74) is 3.52. The minimum atomic E-state index is 0.0732. The summed E-state index contributed by atoms with van der Waals surface area (Å²) in [5.74, 6) is 2.05. The van der Waals surface area contributed by atoms with Gasteiger partial charge < -0.3 is 9.73 Å². The van der Waals surface area contributed by atoms with E-state index in [0.717, 1.165) is 17.1 Å². The van der Waals surface area contributed by atoms with Crippen LogP contribution in [0.1, 0.15) is 47.5 Å². The van der Waals surface area contributed by atoms with Crippen molar-refractivity contribution < 1.29 is 9.21 Å². The van der Waals surface area contributed by atoms with E-state index in [9.17, 15) is 4.79 Å². The molecule has 0 aliphatic carbocycles. The van der Waals surface area contributed by atoms with Gasteiger partial charge in [0.25, 0.3) is 0 Å². The van der Waals surface area contributed by atoms with Gasteiger partial charge >= 0.3 is 0 Å². The normalized spacial score (nSPS) is 12.2. The second-order valence-corrected chi connectivity index (χ2v) is 5.68. The highest BCUT2D eigenvalue weighted by Crippen LogP contribution is 2.22. The summed E-state index contributed by atoms with van der Waals surface area (Å²) < 4.78 is 5.46. The quantitative estimate of drug-likeness (QED) is 0.901. The first-order chi connectivity index (χ1) is 9.97. The monoisotopic (exact) mass is 285 g/mol. The van der Waals surface area contributed by atoms with Crippen molar-refractivity contribution in [2.75, 3.05) is 0 Å². The summed E-state index contributed by atoms with van der Waals surface area (Å²) in [6.07, 6.45) is 0.501. The molecule has 0 spiro atoms. The predicted octanol–water partition coefficient (Wildman–Crippen LogP) is 4.01. The summed E-state index contributed by atoms with van der Waals surface area (Å²) in [6, 6.07) is 10.2. The zero-order valence-electron chi connectivity index (χ0n) is 13.2. The number of amides is 1. The molecule has 3 nitrogen and oxygen atoms in total. The van der Waals surface area contributed by atoms with Crippen molar-refractivity contribution in [3.63, 3.8) is 0 Å². The zero-order valence-corrected chi connectivity index (χ0v) is 13.2. The van der Waals surface area contributed by atoms with Gasteiger partial charge in [-0.3, -0.25) is 4.79 Å². The Morgan fingerprint density at radius 1 is 1.24 bits per heavy atom. The Bertz CT molecular complexity index is 628. The Morgan fingerprint density at radius 2 is 1.95 bits per heavy atom. The second-order valence-electron chi connectivity index (χ2n) is 5.68. The van der Waals surface area contributed by atoms with Crippen molar-refractivity contribution in [2.45, 2.75) is 46.6 Å². The van der Waals surface area contributed by atoms with Gasteiger partial charge in [-0.2, -0.15) is 0 Å². The van der Waals surface area contributed by atoms with Crippen molar-refractivity contribution in [2.24, 2.45) is 0 Å². The van der Waals surface area contributed by atoms with Gasteiger partial charge in [0, 0.05) is 18.5 Å². The molecule has 3 heteroatoms. The largest absolute Gasteiger partial charge is 0.466 e. The Hall–Kier alpha value is -2.03. The van der Waals surface area contributed by atoms with Crippen LogP contribution in [0.25, 0.3) is 0 Å². The zero-order chi connectivity index (χ0) is 15.4. The highest BCUT2D eigenvalue weighted by atomic mass is 16.3. The van der Waals surface area contributed by atoms with E-state index >= 15 is 0 Å². The van der Waals surface area contributed by atoms with Gasteiger partial charge in [0.15, 0.2) is 0 Å². The number of hydrogen-bond donors (Lipinski definition) is 1. The molecule has 0 saturated carbocycles. The summed E-state index contributed by atoms with van der Waals surface area (Å²) >= 11 is 0. The smallest absolute Gasteiger partial charge is 0.220 e. The fraction of sp³-hybridized carbons (Fsp3) is 0.389. The predicted molar refractivity (Wildman–Crippen MR) is 84.2 cm³/mol.